The standard InChI is InChI=1S/C14H20FN/c1-10-4-7-13(15)8-11(10)9-16-14(2,3)12-5-6-12/h4,7-8,12,16H,5-6,9H2,1-3H3. The first kappa shape index (κ1) is 11.6. The Kier molecular flexibility index (Phi) is 3.02. The van der Waals surface area contributed by atoms with Gasteiger partial charge in [-0.3, -0.25) is 0 Å². The Hall–Kier alpha value is -0.890. The molecular weight excluding hydrogens is 201 g/mol. The molecular formula is C14H20FN. The minimum Gasteiger partial charge on any atom is -0.307 e. The van der Waals surface area contributed by atoms with Crippen molar-refractivity contribution in [2.45, 2.75) is 45.7 Å². The van der Waals surface area contributed by atoms with Crippen molar-refractivity contribution in [2.75, 3.05) is 0 Å². The molecule has 1 N–H and O–H groups in total. The molecule has 0 atom stereocenters. The van der Waals surface area contributed by atoms with Gasteiger partial charge < -0.3 is 5.32 Å². The summed E-state index contributed by atoms with van der Waals surface area (Å²) < 4.78 is 13.1. The molecule has 0 amide bonds. The van der Waals surface area contributed by atoms with Gasteiger partial charge in [-0.25, -0.2) is 4.39 Å². The predicted molar refractivity (Wildman–Crippen MR) is 64.8 cm³/mol. The van der Waals surface area contributed by atoms with Gasteiger partial charge in [-0.05, 0) is 62.8 Å². The van der Waals surface area contributed by atoms with Crippen LogP contribution >= 0.6 is 0 Å². The van der Waals surface area contributed by atoms with E-state index in [1.165, 1.54) is 18.9 Å². The average Bonchev–Trinajstić information content (AvgIpc) is 3.03. The molecule has 2 heteroatoms. The smallest absolute Gasteiger partial charge is 0.123 e. The van der Waals surface area contributed by atoms with Gasteiger partial charge in [0.1, 0.15) is 5.82 Å². The summed E-state index contributed by atoms with van der Waals surface area (Å²) in [5, 5.41) is 3.54. The molecule has 0 saturated heterocycles. The SMILES string of the molecule is Cc1ccc(F)cc1CNC(C)(C)C1CC1. The molecule has 2 rings (SSSR count). The second kappa shape index (κ2) is 4.17. The van der Waals surface area contributed by atoms with E-state index in [4.69, 9.17) is 0 Å². The summed E-state index contributed by atoms with van der Waals surface area (Å²) in [5.41, 5.74) is 2.40. The van der Waals surface area contributed by atoms with E-state index in [2.05, 4.69) is 19.2 Å². The van der Waals surface area contributed by atoms with E-state index in [9.17, 15) is 4.39 Å². The van der Waals surface area contributed by atoms with E-state index in [-0.39, 0.29) is 11.4 Å². The summed E-state index contributed by atoms with van der Waals surface area (Å²) in [4.78, 5) is 0. The Morgan fingerprint density at radius 2 is 2.06 bits per heavy atom. The van der Waals surface area contributed by atoms with Gasteiger partial charge in [0.2, 0.25) is 0 Å². The normalized spacial score (nSPS) is 16.5. The largest absolute Gasteiger partial charge is 0.307 e. The fraction of sp³-hybridized carbons (Fsp3) is 0.571. The second-order valence-corrected chi connectivity index (χ2v) is 5.42. The van der Waals surface area contributed by atoms with Gasteiger partial charge in [0, 0.05) is 12.1 Å². The number of hydrogen-bond donors (Lipinski definition) is 1. The third-order valence-electron chi connectivity index (χ3n) is 3.64. The van der Waals surface area contributed by atoms with Crippen molar-refractivity contribution in [1.82, 2.24) is 5.32 Å². The number of aryl methyl sites for hydroxylation is 1. The quantitative estimate of drug-likeness (QED) is 0.821. The van der Waals surface area contributed by atoms with E-state index in [1.54, 1.807) is 6.07 Å². The zero-order valence-corrected chi connectivity index (χ0v) is 10.3. The van der Waals surface area contributed by atoms with Gasteiger partial charge in [0.15, 0.2) is 0 Å². The van der Waals surface area contributed by atoms with Crippen LogP contribution in [0, 0.1) is 18.7 Å². The predicted octanol–water partition coefficient (Wildman–Crippen LogP) is 3.41. The van der Waals surface area contributed by atoms with E-state index < -0.39 is 0 Å². The molecule has 1 aliphatic rings. The van der Waals surface area contributed by atoms with Crippen molar-refractivity contribution in [3.8, 4) is 0 Å². The first-order valence-electron chi connectivity index (χ1n) is 5.99. The molecule has 1 saturated carbocycles. The van der Waals surface area contributed by atoms with Crippen LogP contribution in [0.1, 0.15) is 37.8 Å². The van der Waals surface area contributed by atoms with Gasteiger partial charge in [-0.1, -0.05) is 6.07 Å². The third kappa shape index (κ3) is 2.62. The summed E-state index contributed by atoms with van der Waals surface area (Å²) in [6.45, 7) is 7.26. The molecule has 1 aromatic rings. The Morgan fingerprint density at radius 1 is 1.38 bits per heavy atom. The lowest BCUT2D eigenvalue weighted by atomic mass is 9.98. The van der Waals surface area contributed by atoms with Crippen LogP contribution < -0.4 is 5.32 Å². The van der Waals surface area contributed by atoms with E-state index in [0.29, 0.717) is 0 Å². The van der Waals surface area contributed by atoms with Crippen molar-refractivity contribution in [2.24, 2.45) is 5.92 Å². The van der Waals surface area contributed by atoms with Crippen LogP contribution in [0.3, 0.4) is 0 Å². The molecule has 0 unspecified atom stereocenters. The molecule has 0 radical (unpaired) electrons. The van der Waals surface area contributed by atoms with Crippen LogP contribution in [0.15, 0.2) is 18.2 Å². The van der Waals surface area contributed by atoms with E-state index in [0.717, 1.165) is 23.6 Å². The molecule has 0 spiro atoms. The lowest BCUT2D eigenvalue weighted by Crippen LogP contribution is -2.40. The third-order valence-corrected chi connectivity index (χ3v) is 3.64. The fourth-order valence-corrected chi connectivity index (χ4v) is 2.10. The molecule has 88 valence electrons. The molecule has 1 aromatic carbocycles. The maximum absolute atomic E-state index is 13.1. The molecule has 16 heavy (non-hydrogen) atoms. The summed E-state index contributed by atoms with van der Waals surface area (Å²) in [6.07, 6.45) is 2.64. The van der Waals surface area contributed by atoms with E-state index >= 15 is 0 Å². The number of rotatable bonds is 4. The molecule has 0 heterocycles. The lowest BCUT2D eigenvalue weighted by Gasteiger charge is -2.26. The Morgan fingerprint density at radius 3 is 2.69 bits per heavy atom. The summed E-state index contributed by atoms with van der Waals surface area (Å²) >= 11 is 0. The first-order valence-corrected chi connectivity index (χ1v) is 5.99. The lowest BCUT2D eigenvalue weighted by molar-refractivity contribution is 0.339. The van der Waals surface area contributed by atoms with Gasteiger partial charge >= 0.3 is 0 Å². The minimum atomic E-state index is -0.147. The van der Waals surface area contributed by atoms with Crippen molar-refractivity contribution in [3.05, 3.63) is 35.1 Å². The van der Waals surface area contributed by atoms with Crippen LogP contribution in [0.5, 0.6) is 0 Å². The van der Waals surface area contributed by atoms with Crippen LogP contribution in [0.25, 0.3) is 0 Å². The van der Waals surface area contributed by atoms with Crippen LogP contribution in [0.2, 0.25) is 0 Å². The highest BCUT2D eigenvalue weighted by Gasteiger charge is 2.37. The number of halogens is 1. The van der Waals surface area contributed by atoms with Crippen LogP contribution in [0.4, 0.5) is 4.39 Å². The number of hydrogen-bond acceptors (Lipinski definition) is 1. The Bertz CT molecular complexity index is 380. The van der Waals surface area contributed by atoms with Gasteiger partial charge in [0.25, 0.3) is 0 Å². The molecule has 0 aromatic heterocycles. The monoisotopic (exact) mass is 221 g/mol. The molecule has 0 aliphatic heterocycles. The first-order chi connectivity index (χ1) is 7.49. The number of nitrogens with one attached hydrogen (secondary N) is 1. The maximum atomic E-state index is 13.1. The summed E-state index contributed by atoms with van der Waals surface area (Å²) in [7, 11) is 0. The maximum Gasteiger partial charge on any atom is 0.123 e. The zero-order chi connectivity index (χ0) is 11.8. The minimum absolute atomic E-state index is 0.147. The van der Waals surface area contributed by atoms with Crippen molar-refractivity contribution in [1.29, 1.82) is 0 Å². The molecule has 1 aliphatic carbocycles. The van der Waals surface area contributed by atoms with Gasteiger partial charge in [0.05, 0.1) is 0 Å². The van der Waals surface area contributed by atoms with Gasteiger partial charge in [-0.2, -0.15) is 0 Å². The highest BCUT2D eigenvalue weighted by atomic mass is 19.1. The Labute approximate surface area is 97.1 Å². The van der Waals surface area contributed by atoms with Gasteiger partial charge in [-0.15, -0.1) is 0 Å². The fourth-order valence-electron chi connectivity index (χ4n) is 2.10. The highest BCUT2D eigenvalue weighted by Crippen LogP contribution is 2.39. The van der Waals surface area contributed by atoms with Crippen molar-refractivity contribution < 1.29 is 4.39 Å². The van der Waals surface area contributed by atoms with Crippen LogP contribution in [-0.4, -0.2) is 5.54 Å². The Balaban J connectivity index is 2.01. The molecule has 1 nitrogen and oxygen atoms in total. The summed E-state index contributed by atoms with van der Waals surface area (Å²) in [5.74, 6) is 0.646. The number of benzene rings is 1. The highest BCUT2D eigenvalue weighted by molar-refractivity contribution is 5.26. The molecule has 1 fully saturated rings. The van der Waals surface area contributed by atoms with Crippen molar-refractivity contribution >= 4 is 0 Å². The summed E-state index contributed by atoms with van der Waals surface area (Å²) in [6, 6.07) is 4.99. The molecule has 0 bridgehead atoms. The zero-order valence-electron chi connectivity index (χ0n) is 10.3. The van der Waals surface area contributed by atoms with Crippen LogP contribution in [-0.2, 0) is 6.54 Å². The second-order valence-electron chi connectivity index (χ2n) is 5.42. The van der Waals surface area contributed by atoms with Crippen molar-refractivity contribution in [3.63, 3.8) is 0 Å². The van der Waals surface area contributed by atoms with E-state index in [1.807, 2.05) is 13.0 Å². The topological polar surface area (TPSA) is 12.0 Å². The average molecular weight is 221 g/mol.